The standard InChI is InChI=1S/C19H24N3O9PS/c1-11(16(25)26)21-32(33,31-12-6-4-3-5-7-12)29-10-13-15(24)19(2,28)17(30-13)22-9-8-14(23)20-18(22)27/h3-9,11,13,15,17,24,28H,10H2,1-2H3,(H,21,33)(H,25,26)(H,20,23,27)/t11?,13-,15-,17-,19-,32?/m1/s1. The van der Waals surface area contributed by atoms with Crippen molar-refractivity contribution in [2.24, 2.45) is 0 Å². The van der Waals surface area contributed by atoms with E-state index < -0.39 is 60.5 Å². The molecule has 1 aliphatic heterocycles. The van der Waals surface area contributed by atoms with Gasteiger partial charge in [0.2, 0.25) is 0 Å². The Hall–Kier alpha value is -2.38. The second kappa shape index (κ2) is 9.85. The summed E-state index contributed by atoms with van der Waals surface area (Å²) in [5, 5.41) is 33.3. The number of benzene rings is 1. The lowest BCUT2D eigenvalue weighted by Gasteiger charge is -2.28. The van der Waals surface area contributed by atoms with Crippen molar-refractivity contribution in [3.63, 3.8) is 0 Å². The molecule has 12 nitrogen and oxygen atoms in total. The van der Waals surface area contributed by atoms with Gasteiger partial charge in [-0.25, -0.2) is 9.88 Å². The van der Waals surface area contributed by atoms with Crippen LogP contribution in [-0.4, -0.2) is 61.3 Å². The van der Waals surface area contributed by atoms with Gasteiger partial charge in [0, 0.05) is 12.3 Å². The molecule has 2 unspecified atom stereocenters. The molecule has 1 aromatic carbocycles. The molecule has 5 N–H and O–H groups in total. The molecule has 1 aromatic heterocycles. The summed E-state index contributed by atoms with van der Waals surface area (Å²) in [7, 11) is 0. The van der Waals surface area contributed by atoms with Gasteiger partial charge >= 0.3 is 18.3 Å². The van der Waals surface area contributed by atoms with Crippen LogP contribution in [0.4, 0.5) is 0 Å². The van der Waals surface area contributed by atoms with Gasteiger partial charge in [-0.15, -0.1) is 0 Å². The molecule has 0 saturated carbocycles. The first-order valence-electron chi connectivity index (χ1n) is 9.80. The molecule has 0 amide bonds. The molecule has 0 aliphatic carbocycles. The Bertz CT molecular complexity index is 1150. The first-order chi connectivity index (χ1) is 15.4. The molecular formula is C19H24N3O9PS. The van der Waals surface area contributed by atoms with E-state index in [0.29, 0.717) is 5.75 Å². The number of hydrogen-bond acceptors (Lipinski definition) is 9. The van der Waals surface area contributed by atoms with Gasteiger partial charge in [0.25, 0.3) is 5.56 Å². The quantitative estimate of drug-likeness (QED) is 0.291. The minimum Gasteiger partial charge on any atom is -0.480 e. The average molecular weight is 501 g/mol. The number of aromatic amines is 1. The van der Waals surface area contributed by atoms with Crippen molar-refractivity contribution in [2.75, 3.05) is 6.61 Å². The maximum atomic E-state index is 12.1. The molecule has 0 spiro atoms. The van der Waals surface area contributed by atoms with Gasteiger partial charge in [-0.2, -0.15) is 0 Å². The van der Waals surface area contributed by atoms with Crippen LogP contribution in [0.2, 0.25) is 0 Å². The number of nitrogens with one attached hydrogen (secondary N) is 2. The molecular weight excluding hydrogens is 477 g/mol. The van der Waals surface area contributed by atoms with Gasteiger partial charge in [-0.05, 0) is 37.8 Å². The van der Waals surface area contributed by atoms with Crippen LogP contribution < -0.4 is 20.9 Å². The molecule has 1 fully saturated rings. The Morgan fingerprint density at radius 1 is 1.36 bits per heavy atom. The Morgan fingerprint density at radius 2 is 2.03 bits per heavy atom. The van der Waals surface area contributed by atoms with Gasteiger partial charge in [-0.3, -0.25) is 19.1 Å². The van der Waals surface area contributed by atoms with Crippen molar-refractivity contribution >= 4 is 24.4 Å². The first-order valence-corrected chi connectivity index (χ1v) is 12.4. The van der Waals surface area contributed by atoms with Crippen LogP contribution >= 0.6 is 6.64 Å². The van der Waals surface area contributed by atoms with Crippen molar-refractivity contribution in [3.05, 3.63) is 63.4 Å². The van der Waals surface area contributed by atoms with E-state index in [1.54, 1.807) is 30.3 Å². The second-order valence-corrected chi connectivity index (χ2v) is 10.7. The number of carboxylic acids is 1. The van der Waals surface area contributed by atoms with E-state index in [-0.39, 0.29) is 0 Å². The maximum absolute atomic E-state index is 12.1. The topological polar surface area (TPSA) is 172 Å². The molecule has 33 heavy (non-hydrogen) atoms. The zero-order valence-corrected chi connectivity index (χ0v) is 19.4. The van der Waals surface area contributed by atoms with Crippen molar-refractivity contribution in [1.29, 1.82) is 0 Å². The predicted molar refractivity (Wildman–Crippen MR) is 119 cm³/mol. The molecule has 0 bridgehead atoms. The summed E-state index contributed by atoms with van der Waals surface area (Å²) in [6, 6.07) is 8.34. The van der Waals surface area contributed by atoms with Gasteiger partial charge < -0.3 is 29.1 Å². The van der Waals surface area contributed by atoms with Crippen LogP contribution in [0.5, 0.6) is 5.75 Å². The first kappa shape index (κ1) is 25.2. The van der Waals surface area contributed by atoms with Crippen LogP contribution in [0.15, 0.2) is 52.2 Å². The number of para-hydroxylation sites is 1. The highest BCUT2D eigenvalue weighted by Gasteiger charge is 2.53. The Morgan fingerprint density at radius 3 is 2.64 bits per heavy atom. The Labute approximate surface area is 193 Å². The van der Waals surface area contributed by atoms with Crippen LogP contribution in [0.3, 0.4) is 0 Å². The number of carbonyl (C=O) groups is 1. The molecule has 2 heterocycles. The fourth-order valence-corrected chi connectivity index (χ4v) is 5.59. The summed E-state index contributed by atoms with van der Waals surface area (Å²) in [5.74, 6) is -0.842. The minimum atomic E-state index is -3.47. The highest BCUT2D eigenvalue weighted by molar-refractivity contribution is 8.09. The number of aliphatic hydroxyl groups is 2. The fraction of sp³-hybridized carbons (Fsp3) is 0.421. The Balaban J connectivity index is 1.80. The number of aliphatic hydroxyl groups excluding tert-OH is 1. The highest BCUT2D eigenvalue weighted by Crippen LogP contribution is 2.47. The summed E-state index contributed by atoms with van der Waals surface area (Å²) >= 11 is 5.47. The number of rotatable bonds is 9. The van der Waals surface area contributed by atoms with E-state index in [4.69, 9.17) is 25.6 Å². The zero-order valence-electron chi connectivity index (χ0n) is 17.7. The van der Waals surface area contributed by atoms with E-state index in [1.807, 2.05) is 4.98 Å². The average Bonchev–Trinajstić information content (AvgIpc) is 2.96. The SMILES string of the molecule is CC(NP(=S)(OC[C@H]1O[C@@H](n2ccc(=O)[nH]c2=O)[C@](C)(O)[C@@H]1O)Oc1ccccc1)C(=O)O. The number of nitrogens with zero attached hydrogens (tertiary/aromatic N) is 1. The normalized spacial score (nSPS) is 27.6. The molecule has 2 aromatic rings. The van der Waals surface area contributed by atoms with Crippen LogP contribution in [0, 0.1) is 0 Å². The van der Waals surface area contributed by atoms with Gasteiger partial charge in [0.1, 0.15) is 29.6 Å². The minimum absolute atomic E-state index is 0.337. The lowest BCUT2D eigenvalue weighted by molar-refractivity contribution is -0.138. The van der Waals surface area contributed by atoms with Crippen molar-refractivity contribution in [3.8, 4) is 5.75 Å². The van der Waals surface area contributed by atoms with E-state index in [2.05, 4.69) is 5.09 Å². The van der Waals surface area contributed by atoms with Gasteiger partial charge in [0.15, 0.2) is 6.23 Å². The molecule has 14 heteroatoms. The van der Waals surface area contributed by atoms with Crippen LogP contribution in [0.1, 0.15) is 20.1 Å². The maximum Gasteiger partial charge on any atom is 0.330 e. The second-order valence-electron chi connectivity index (χ2n) is 7.60. The summed E-state index contributed by atoms with van der Waals surface area (Å²) in [5.41, 5.74) is -3.40. The highest BCUT2D eigenvalue weighted by atomic mass is 32.5. The number of hydrogen-bond donors (Lipinski definition) is 5. The van der Waals surface area contributed by atoms with Crippen molar-refractivity contribution in [1.82, 2.24) is 14.6 Å². The third-order valence-corrected chi connectivity index (χ3v) is 7.46. The monoisotopic (exact) mass is 501 g/mol. The number of H-pyrrole nitrogens is 1. The van der Waals surface area contributed by atoms with E-state index in [9.17, 15) is 29.7 Å². The van der Waals surface area contributed by atoms with Gasteiger partial charge in [0.05, 0.1) is 6.61 Å². The van der Waals surface area contributed by atoms with Crippen LogP contribution in [0.25, 0.3) is 0 Å². The van der Waals surface area contributed by atoms with Crippen molar-refractivity contribution in [2.45, 2.75) is 43.9 Å². The molecule has 3 rings (SSSR count). The molecule has 0 radical (unpaired) electrons. The Kier molecular flexibility index (Phi) is 7.54. The third kappa shape index (κ3) is 5.76. The van der Waals surface area contributed by atoms with E-state index >= 15 is 0 Å². The van der Waals surface area contributed by atoms with Crippen molar-refractivity contribution < 1.29 is 33.9 Å². The number of aromatic nitrogens is 2. The number of carboxylic acid groups (broad SMARTS) is 1. The molecule has 180 valence electrons. The summed E-state index contributed by atoms with van der Waals surface area (Å²) in [4.78, 5) is 36.8. The summed E-state index contributed by atoms with van der Waals surface area (Å²) < 4.78 is 18.1. The molecule has 1 saturated heterocycles. The zero-order chi connectivity index (χ0) is 24.4. The summed E-state index contributed by atoms with van der Waals surface area (Å²) in [6.07, 6.45) is -2.88. The van der Waals surface area contributed by atoms with Crippen LogP contribution in [-0.2, 0) is 25.9 Å². The van der Waals surface area contributed by atoms with E-state index in [0.717, 1.165) is 16.8 Å². The largest absolute Gasteiger partial charge is 0.480 e. The fourth-order valence-electron chi connectivity index (χ4n) is 3.16. The number of ether oxygens (including phenoxy) is 1. The number of aliphatic carboxylic acids is 1. The lowest BCUT2D eigenvalue weighted by Crippen LogP contribution is -2.47. The predicted octanol–water partition coefficient (Wildman–Crippen LogP) is -0.0713. The molecule has 1 aliphatic rings. The van der Waals surface area contributed by atoms with E-state index in [1.165, 1.54) is 13.8 Å². The lowest BCUT2D eigenvalue weighted by atomic mass is 9.96. The third-order valence-electron chi connectivity index (χ3n) is 4.96. The van der Waals surface area contributed by atoms with Gasteiger partial charge in [-0.1, -0.05) is 18.2 Å². The summed E-state index contributed by atoms with van der Waals surface area (Å²) in [6.45, 7) is -1.23. The molecule has 6 atom stereocenters. The smallest absolute Gasteiger partial charge is 0.330 e.